The lowest BCUT2D eigenvalue weighted by atomic mass is 10.2. The SMILES string of the molecule is O=C(CNC(=O)c1ccccc1F)Nc1nc(-c2ccncc2)cs1. The molecule has 0 atom stereocenters. The lowest BCUT2D eigenvalue weighted by molar-refractivity contribution is -0.115. The minimum Gasteiger partial charge on any atom is -0.343 e. The third kappa shape index (κ3) is 4.24. The Hall–Kier alpha value is -3.13. The highest BCUT2D eigenvalue weighted by atomic mass is 32.1. The first kappa shape index (κ1) is 16.7. The Morgan fingerprint density at radius 2 is 1.88 bits per heavy atom. The smallest absolute Gasteiger partial charge is 0.254 e. The number of amides is 2. The van der Waals surface area contributed by atoms with Gasteiger partial charge in [-0.3, -0.25) is 14.6 Å². The van der Waals surface area contributed by atoms with Crippen LogP contribution in [0.15, 0.2) is 54.2 Å². The highest BCUT2D eigenvalue weighted by molar-refractivity contribution is 7.14. The van der Waals surface area contributed by atoms with Crippen LogP contribution in [0.2, 0.25) is 0 Å². The van der Waals surface area contributed by atoms with Crippen molar-refractivity contribution in [3.63, 3.8) is 0 Å². The number of rotatable bonds is 5. The number of halogens is 1. The van der Waals surface area contributed by atoms with E-state index in [9.17, 15) is 14.0 Å². The van der Waals surface area contributed by atoms with Crippen LogP contribution in [-0.4, -0.2) is 28.3 Å². The number of nitrogens with one attached hydrogen (secondary N) is 2. The first-order valence-corrected chi connectivity index (χ1v) is 8.20. The van der Waals surface area contributed by atoms with Crippen molar-refractivity contribution in [2.75, 3.05) is 11.9 Å². The summed E-state index contributed by atoms with van der Waals surface area (Å²) in [6.07, 6.45) is 3.32. The molecule has 0 saturated heterocycles. The van der Waals surface area contributed by atoms with Crippen molar-refractivity contribution >= 4 is 28.3 Å². The Morgan fingerprint density at radius 3 is 2.64 bits per heavy atom. The Kier molecular flexibility index (Phi) is 5.10. The second kappa shape index (κ2) is 7.63. The fourth-order valence-corrected chi connectivity index (χ4v) is 2.79. The van der Waals surface area contributed by atoms with Crippen molar-refractivity contribution in [1.29, 1.82) is 0 Å². The van der Waals surface area contributed by atoms with E-state index < -0.39 is 17.6 Å². The molecule has 0 spiro atoms. The fourth-order valence-electron chi connectivity index (χ4n) is 2.05. The minimum absolute atomic E-state index is 0.107. The third-order valence-electron chi connectivity index (χ3n) is 3.25. The molecular weight excluding hydrogens is 343 g/mol. The molecule has 8 heteroatoms. The quantitative estimate of drug-likeness (QED) is 0.736. The molecule has 6 nitrogen and oxygen atoms in total. The van der Waals surface area contributed by atoms with E-state index in [0.717, 1.165) is 11.3 Å². The maximum absolute atomic E-state index is 13.5. The normalized spacial score (nSPS) is 10.3. The highest BCUT2D eigenvalue weighted by Gasteiger charge is 2.13. The van der Waals surface area contributed by atoms with Crippen LogP contribution in [0.3, 0.4) is 0 Å². The molecule has 0 aliphatic carbocycles. The van der Waals surface area contributed by atoms with E-state index in [4.69, 9.17) is 0 Å². The van der Waals surface area contributed by atoms with Gasteiger partial charge in [-0.05, 0) is 24.3 Å². The molecule has 0 aliphatic heterocycles. The molecular formula is C17H13FN4O2S. The monoisotopic (exact) mass is 356 g/mol. The highest BCUT2D eigenvalue weighted by Crippen LogP contribution is 2.24. The van der Waals surface area contributed by atoms with Crippen molar-refractivity contribution in [2.24, 2.45) is 0 Å². The largest absolute Gasteiger partial charge is 0.343 e. The molecule has 0 saturated carbocycles. The van der Waals surface area contributed by atoms with E-state index in [0.29, 0.717) is 5.13 Å². The molecule has 2 N–H and O–H groups in total. The van der Waals surface area contributed by atoms with Gasteiger partial charge in [-0.2, -0.15) is 0 Å². The van der Waals surface area contributed by atoms with Gasteiger partial charge in [0.05, 0.1) is 17.8 Å². The average molecular weight is 356 g/mol. The van der Waals surface area contributed by atoms with Crippen molar-refractivity contribution in [3.05, 3.63) is 65.6 Å². The van der Waals surface area contributed by atoms with Gasteiger partial charge in [0.2, 0.25) is 5.91 Å². The maximum atomic E-state index is 13.5. The molecule has 25 heavy (non-hydrogen) atoms. The predicted molar refractivity (Wildman–Crippen MR) is 92.7 cm³/mol. The fraction of sp³-hybridized carbons (Fsp3) is 0.0588. The molecule has 0 unspecified atom stereocenters. The van der Waals surface area contributed by atoms with Crippen LogP contribution in [0.5, 0.6) is 0 Å². The first-order chi connectivity index (χ1) is 12.1. The molecule has 0 fully saturated rings. The van der Waals surface area contributed by atoms with Crippen LogP contribution in [0.4, 0.5) is 9.52 Å². The van der Waals surface area contributed by atoms with Gasteiger partial charge in [0, 0.05) is 23.3 Å². The maximum Gasteiger partial charge on any atom is 0.254 e. The molecule has 1 aromatic carbocycles. The topological polar surface area (TPSA) is 84.0 Å². The summed E-state index contributed by atoms with van der Waals surface area (Å²) in [5.74, 6) is -1.73. The number of hydrogen-bond acceptors (Lipinski definition) is 5. The zero-order chi connectivity index (χ0) is 17.6. The Labute approximate surface area is 146 Å². The summed E-state index contributed by atoms with van der Waals surface area (Å²) in [6.45, 7) is -0.280. The molecule has 2 amide bonds. The number of carbonyl (C=O) groups excluding carboxylic acids is 2. The zero-order valence-electron chi connectivity index (χ0n) is 12.9. The number of anilines is 1. The molecule has 3 aromatic rings. The van der Waals surface area contributed by atoms with E-state index in [1.54, 1.807) is 18.5 Å². The second-order valence-electron chi connectivity index (χ2n) is 4.98. The summed E-state index contributed by atoms with van der Waals surface area (Å²) in [5, 5.41) is 7.20. The standard InChI is InChI=1S/C17H13FN4O2S/c18-13-4-2-1-3-12(13)16(24)20-9-15(23)22-17-21-14(10-25-17)11-5-7-19-8-6-11/h1-8,10H,9H2,(H,20,24)(H,21,22,23). The van der Waals surface area contributed by atoms with Crippen LogP contribution in [-0.2, 0) is 4.79 Å². The molecule has 2 heterocycles. The van der Waals surface area contributed by atoms with E-state index >= 15 is 0 Å². The minimum atomic E-state index is -0.648. The van der Waals surface area contributed by atoms with E-state index in [2.05, 4.69) is 20.6 Å². The van der Waals surface area contributed by atoms with Crippen molar-refractivity contribution in [2.45, 2.75) is 0 Å². The number of nitrogens with zero attached hydrogens (tertiary/aromatic N) is 2. The van der Waals surface area contributed by atoms with Gasteiger partial charge in [-0.25, -0.2) is 9.37 Å². The second-order valence-corrected chi connectivity index (χ2v) is 5.84. The van der Waals surface area contributed by atoms with Crippen molar-refractivity contribution in [1.82, 2.24) is 15.3 Å². The van der Waals surface area contributed by atoms with Gasteiger partial charge in [0.25, 0.3) is 5.91 Å². The first-order valence-electron chi connectivity index (χ1n) is 7.32. The van der Waals surface area contributed by atoms with Crippen molar-refractivity contribution < 1.29 is 14.0 Å². The van der Waals surface area contributed by atoms with Gasteiger partial charge in [0.1, 0.15) is 5.82 Å². The molecule has 0 radical (unpaired) electrons. The molecule has 0 aliphatic rings. The number of hydrogen-bond donors (Lipinski definition) is 2. The van der Waals surface area contributed by atoms with Crippen LogP contribution < -0.4 is 10.6 Å². The summed E-state index contributed by atoms with van der Waals surface area (Å²) >= 11 is 1.27. The van der Waals surface area contributed by atoms with Crippen LogP contribution in [0.1, 0.15) is 10.4 Å². The summed E-state index contributed by atoms with van der Waals surface area (Å²) in [6, 6.07) is 9.20. The van der Waals surface area contributed by atoms with Crippen LogP contribution >= 0.6 is 11.3 Å². The van der Waals surface area contributed by atoms with Gasteiger partial charge in [-0.15, -0.1) is 11.3 Å². The summed E-state index contributed by atoms with van der Waals surface area (Å²) in [7, 11) is 0. The Morgan fingerprint density at radius 1 is 1.12 bits per heavy atom. The number of pyridine rings is 1. The van der Waals surface area contributed by atoms with Crippen LogP contribution in [0, 0.1) is 5.82 Å². The number of thiazole rings is 1. The van der Waals surface area contributed by atoms with Gasteiger partial charge in [-0.1, -0.05) is 12.1 Å². The predicted octanol–water partition coefficient (Wildman–Crippen LogP) is 2.71. The summed E-state index contributed by atoms with van der Waals surface area (Å²) in [5.41, 5.74) is 1.50. The lowest BCUT2D eigenvalue weighted by Gasteiger charge is -2.05. The molecule has 2 aromatic heterocycles. The van der Waals surface area contributed by atoms with Crippen molar-refractivity contribution in [3.8, 4) is 11.3 Å². The summed E-state index contributed by atoms with van der Waals surface area (Å²) < 4.78 is 13.5. The van der Waals surface area contributed by atoms with E-state index in [1.165, 1.54) is 29.5 Å². The lowest BCUT2D eigenvalue weighted by Crippen LogP contribution is -2.33. The van der Waals surface area contributed by atoms with Gasteiger partial charge < -0.3 is 10.6 Å². The zero-order valence-corrected chi connectivity index (χ0v) is 13.7. The van der Waals surface area contributed by atoms with E-state index in [-0.39, 0.29) is 12.1 Å². The molecule has 3 rings (SSSR count). The number of carbonyl (C=O) groups is 2. The number of aromatic nitrogens is 2. The van der Waals surface area contributed by atoms with Crippen LogP contribution in [0.25, 0.3) is 11.3 Å². The third-order valence-corrected chi connectivity index (χ3v) is 4.01. The van der Waals surface area contributed by atoms with Gasteiger partial charge >= 0.3 is 0 Å². The Bertz CT molecular complexity index is 898. The average Bonchev–Trinajstić information content (AvgIpc) is 3.09. The molecule has 126 valence electrons. The Balaban J connectivity index is 1.56. The van der Waals surface area contributed by atoms with E-state index in [1.807, 2.05) is 17.5 Å². The molecule has 0 bridgehead atoms. The number of benzene rings is 1. The summed E-state index contributed by atoms with van der Waals surface area (Å²) in [4.78, 5) is 32.0. The van der Waals surface area contributed by atoms with Gasteiger partial charge in [0.15, 0.2) is 5.13 Å².